The fourth-order valence-corrected chi connectivity index (χ4v) is 2.09. The van der Waals surface area contributed by atoms with Crippen LogP contribution in [0, 0.1) is 11.6 Å². The number of methoxy groups -OCH3 is 1. The highest BCUT2D eigenvalue weighted by molar-refractivity contribution is 5.93. The third-order valence-corrected chi connectivity index (χ3v) is 3.34. The zero-order valence-electron chi connectivity index (χ0n) is 14.1. The summed E-state index contributed by atoms with van der Waals surface area (Å²) >= 11 is 0. The molecule has 0 aliphatic heterocycles. The lowest BCUT2D eigenvalue weighted by molar-refractivity contribution is -0.117. The molecular weight excluding hydrogens is 342 g/mol. The molecule has 136 valence electrons. The number of rotatable bonds is 7. The van der Waals surface area contributed by atoms with Gasteiger partial charge in [-0.05, 0) is 35.9 Å². The number of halogens is 2. The standard InChI is InChI=1S/C19H18F2N2O3/c1-26-17-5-2-13(3-6-17)4-7-18(24)22-9-8-19(25)23-16-11-14(20)10-15(21)12-16/h2-7,10-12H,8-9H2,1H3,(H,22,24)(H,23,25)/b7-4+. The molecule has 5 nitrogen and oxygen atoms in total. The summed E-state index contributed by atoms with van der Waals surface area (Å²) in [5.41, 5.74) is 0.852. The third kappa shape index (κ3) is 6.35. The predicted octanol–water partition coefficient (Wildman–Crippen LogP) is 3.13. The van der Waals surface area contributed by atoms with Gasteiger partial charge in [-0.3, -0.25) is 9.59 Å². The summed E-state index contributed by atoms with van der Waals surface area (Å²) in [6.07, 6.45) is 2.95. The maximum atomic E-state index is 13.0. The molecule has 0 radical (unpaired) electrons. The molecule has 2 aromatic rings. The van der Waals surface area contributed by atoms with Gasteiger partial charge >= 0.3 is 0 Å². The van der Waals surface area contributed by atoms with Crippen LogP contribution in [0.5, 0.6) is 5.75 Å². The van der Waals surface area contributed by atoms with Crippen LogP contribution in [0.15, 0.2) is 48.5 Å². The van der Waals surface area contributed by atoms with Crippen molar-refractivity contribution in [3.05, 3.63) is 65.7 Å². The average Bonchev–Trinajstić information content (AvgIpc) is 2.59. The minimum atomic E-state index is -0.780. The van der Waals surface area contributed by atoms with Gasteiger partial charge in [0.1, 0.15) is 17.4 Å². The molecule has 0 saturated carbocycles. The second-order valence-corrected chi connectivity index (χ2v) is 5.35. The molecule has 7 heteroatoms. The summed E-state index contributed by atoms with van der Waals surface area (Å²) in [5, 5.41) is 4.92. The van der Waals surface area contributed by atoms with Crippen molar-refractivity contribution < 1.29 is 23.1 Å². The van der Waals surface area contributed by atoms with Gasteiger partial charge in [0.25, 0.3) is 0 Å². The van der Waals surface area contributed by atoms with Crippen molar-refractivity contribution >= 4 is 23.6 Å². The molecule has 2 amide bonds. The van der Waals surface area contributed by atoms with Crippen molar-refractivity contribution in [3.63, 3.8) is 0 Å². The average molecular weight is 360 g/mol. The van der Waals surface area contributed by atoms with Crippen LogP contribution in [0.1, 0.15) is 12.0 Å². The number of ether oxygens (including phenoxy) is 1. The molecule has 0 saturated heterocycles. The number of carbonyl (C=O) groups excluding carboxylic acids is 2. The van der Waals surface area contributed by atoms with Crippen molar-refractivity contribution in [2.75, 3.05) is 19.0 Å². The first kappa shape index (κ1) is 19.1. The zero-order chi connectivity index (χ0) is 18.9. The molecule has 0 bridgehead atoms. The fourth-order valence-electron chi connectivity index (χ4n) is 2.09. The first-order valence-corrected chi connectivity index (χ1v) is 7.82. The second kappa shape index (κ2) is 9.31. The predicted molar refractivity (Wildman–Crippen MR) is 94.6 cm³/mol. The molecule has 0 aliphatic rings. The first-order valence-electron chi connectivity index (χ1n) is 7.82. The van der Waals surface area contributed by atoms with Crippen molar-refractivity contribution in [1.29, 1.82) is 0 Å². The van der Waals surface area contributed by atoms with E-state index in [2.05, 4.69) is 10.6 Å². The number of carbonyl (C=O) groups is 2. The Balaban J connectivity index is 1.74. The minimum absolute atomic E-state index is 0.0261. The maximum absolute atomic E-state index is 13.0. The molecular formula is C19H18F2N2O3. The summed E-state index contributed by atoms with van der Waals surface area (Å²) in [6, 6.07) is 9.88. The monoisotopic (exact) mass is 360 g/mol. The highest BCUT2D eigenvalue weighted by Crippen LogP contribution is 2.13. The second-order valence-electron chi connectivity index (χ2n) is 5.35. The minimum Gasteiger partial charge on any atom is -0.497 e. The Morgan fingerprint density at radius 3 is 2.35 bits per heavy atom. The van der Waals surface area contributed by atoms with Gasteiger partial charge < -0.3 is 15.4 Å². The number of amides is 2. The smallest absolute Gasteiger partial charge is 0.244 e. The van der Waals surface area contributed by atoms with Gasteiger partial charge in [0, 0.05) is 30.8 Å². The molecule has 2 N–H and O–H groups in total. The van der Waals surface area contributed by atoms with E-state index in [1.54, 1.807) is 37.5 Å². The molecule has 26 heavy (non-hydrogen) atoms. The lowest BCUT2D eigenvalue weighted by Crippen LogP contribution is -2.26. The fraction of sp³-hybridized carbons (Fsp3) is 0.158. The zero-order valence-corrected chi connectivity index (χ0v) is 14.1. The quantitative estimate of drug-likeness (QED) is 0.746. The Morgan fingerprint density at radius 2 is 1.73 bits per heavy atom. The van der Waals surface area contributed by atoms with Crippen LogP contribution in [0.4, 0.5) is 14.5 Å². The van der Waals surface area contributed by atoms with Crippen LogP contribution in [0.3, 0.4) is 0 Å². The normalized spacial score (nSPS) is 10.6. The molecule has 0 fully saturated rings. The number of anilines is 1. The Morgan fingerprint density at radius 1 is 1.08 bits per heavy atom. The van der Waals surface area contributed by atoms with E-state index >= 15 is 0 Å². The SMILES string of the molecule is COc1ccc(/C=C/C(=O)NCCC(=O)Nc2cc(F)cc(F)c2)cc1. The largest absolute Gasteiger partial charge is 0.497 e. The van der Waals surface area contributed by atoms with Crippen molar-refractivity contribution in [2.45, 2.75) is 6.42 Å². The lowest BCUT2D eigenvalue weighted by Gasteiger charge is -2.06. The molecule has 0 heterocycles. The third-order valence-electron chi connectivity index (χ3n) is 3.34. The summed E-state index contributed by atoms with van der Waals surface area (Å²) < 4.78 is 31.1. The van der Waals surface area contributed by atoms with Gasteiger partial charge in [0.15, 0.2) is 0 Å². The highest BCUT2D eigenvalue weighted by atomic mass is 19.1. The molecule has 0 unspecified atom stereocenters. The van der Waals surface area contributed by atoms with Crippen LogP contribution >= 0.6 is 0 Å². The van der Waals surface area contributed by atoms with Gasteiger partial charge in [-0.2, -0.15) is 0 Å². The number of hydrogen-bond acceptors (Lipinski definition) is 3. The molecule has 2 aromatic carbocycles. The first-order chi connectivity index (χ1) is 12.5. The van der Waals surface area contributed by atoms with E-state index in [4.69, 9.17) is 4.74 Å². The van der Waals surface area contributed by atoms with E-state index in [0.29, 0.717) is 6.07 Å². The van der Waals surface area contributed by atoms with E-state index in [9.17, 15) is 18.4 Å². The van der Waals surface area contributed by atoms with E-state index in [-0.39, 0.29) is 24.6 Å². The van der Waals surface area contributed by atoms with Gasteiger partial charge in [-0.25, -0.2) is 8.78 Å². The van der Waals surface area contributed by atoms with E-state index in [1.165, 1.54) is 6.08 Å². The Labute approximate surface area is 149 Å². The molecule has 2 rings (SSSR count). The summed E-state index contributed by atoms with van der Waals surface area (Å²) in [5.74, 6) is -1.66. The summed E-state index contributed by atoms with van der Waals surface area (Å²) in [4.78, 5) is 23.4. The van der Waals surface area contributed by atoms with Crippen LogP contribution in [-0.2, 0) is 9.59 Å². The van der Waals surface area contributed by atoms with Gasteiger partial charge in [-0.15, -0.1) is 0 Å². The maximum Gasteiger partial charge on any atom is 0.244 e. The van der Waals surface area contributed by atoms with Gasteiger partial charge in [0.05, 0.1) is 7.11 Å². The number of hydrogen-bond donors (Lipinski definition) is 2. The van der Waals surface area contributed by atoms with Crippen molar-refractivity contribution in [2.24, 2.45) is 0 Å². The van der Waals surface area contributed by atoms with Crippen LogP contribution in [-0.4, -0.2) is 25.5 Å². The summed E-state index contributed by atoms with van der Waals surface area (Å²) in [7, 11) is 1.57. The van der Waals surface area contributed by atoms with E-state index in [1.807, 2.05) is 0 Å². The lowest BCUT2D eigenvalue weighted by atomic mass is 10.2. The Bertz CT molecular complexity index is 785. The molecule has 0 aliphatic carbocycles. The van der Waals surface area contributed by atoms with Crippen LogP contribution in [0.25, 0.3) is 6.08 Å². The van der Waals surface area contributed by atoms with Crippen LogP contribution < -0.4 is 15.4 Å². The Hall–Kier alpha value is -3.22. The van der Waals surface area contributed by atoms with Crippen molar-refractivity contribution in [1.82, 2.24) is 5.32 Å². The van der Waals surface area contributed by atoms with Crippen molar-refractivity contribution in [3.8, 4) is 5.75 Å². The topological polar surface area (TPSA) is 67.4 Å². The molecule has 0 spiro atoms. The number of benzene rings is 2. The van der Waals surface area contributed by atoms with Gasteiger partial charge in [0.2, 0.25) is 11.8 Å². The Kier molecular flexibility index (Phi) is 6.84. The molecule has 0 atom stereocenters. The molecule has 0 aromatic heterocycles. The number of nitrogens with one attached hydrogen (secondary N) is 2. The van der Waals surface area contributed by atoms with Gasteiger partial charge in [-0.1, -0.05) is 12.1 Å². The highest BCUT2D eigenvalue weighted by Gasteiger charge is 2.06. The summed E-state index contributed by atoms with van der Waals surface area (Å²) in [6.45, 7) is 0.0927. The van der Waals surface area contributed by atoms with E-state index in [0.717, 1.165) is 23.4 Å². The van der Waals surface area contributed by atoms with E-state index < -0.39 is 17.5 Å². The van der Waals surface area contributed by atoms with Crippen LogP contribution in [0.2, 0.25) is 0 Å².